The number of ether oxygens (including phenoxy) is 2. The van der Waals surface area contributed by atoms with Crippen molar-refractivity contribution in [2.24, 2.45) is 5.41 Å². The number of hydrogen-bond donors (Lipinski definition) is 2. The monoisotopic (exact) mass is 287 g/mol. The lowest BCUT2D eigenvalue weighted by molar-refractivity contribution is -0.136. The Labute approximate surface area is 122 Å². The molecule has 0 atom stereocenters. The number of carbonyl (C=O) groups is 1. The van der Waals surface area contributed by atoms with E-state index in [0.29, 0.717) is 19.8 Å². The van der Waals surface area contributed by atoms with Crippen molar-refractivity contribution in [2.45, 2.75) is 12.8 Å². The third-order valence-corrected chi connectivity index (χ3v) is 3.92. The Hall–Kier alpha value is -0.690. The van der Waals surface area contributed by atoms with Gasteiger partial charge in [-0.05, 0) is 33.0 Å². The van der Waals surface area contributed by atoms with Crippen LogP contribution in [0.25, 0.3) is 0 Å². The van der Waals surface area contributed by atoms with E-state index in [1.54, 1.807) is 14.2 Å². The highest BCUT2D eigenvalue weighted by molar-refractivity contribution is 5.83. The molecule has 6 nitrogen and oxygen atoms in total. The molecule has 2 N–H and O–H groups in total. The maximum absolute atomic E-state index is 12.4. The van der Waals surface area contributed by atoms with Crippen LogP contribution >= 0.6 is 0 Å². The summed E-state index contributed by atoms with van der Waals surface area (Å²) in [5, 5.41) is 6.35. The first kappa shape index (κ1) is 17.4. The van der Waals surface area contributed by atoms with Crippen LogP contribution < -0.4 is 10.6 Å². The van der Waals surface area contributed by atoms with Crippen LogP contribution in [-0.2, 0) is 14.3 Å². The molecule has 1 aliphatic rings. The van der Waals surface area contributed by atoms with Gasteiger partial charge in [0.1, 0.15) is 0 Å². The van der Waals surface area contributed by atoms with Gasteiger partial charge in [-0.2, -0.15) is 0 Å². The van der Waals surface area contributed by atoms with Gasteiger partial charge in [0.2, 0.25) is 5.91 Å². The second-order valence-corrected chi connectivity index (χ2v) is 5.52. The Morgan fingerprint density at radius 3 is 2.55 bits per heavy atom. The summed E-state index contributed by atoms with van der Waals surface area (Å²) in [6, 6.07) is 0. The average Bonchev–Trinajstić information content (AvgIpc) is 2.46. The minimum atomic E-state index is -0.356. The summed E-state index contributed by atoms with van der Waals surface area (Å²) in [6.07, 6.45) is 1.68. The van der Waals surface area contributed by atoms with Crippen LogP contribution in [-0.4, -0.2) is 78.0 Å². The van der Waals surface area contributed by atoms with Crippen LogP contribution in [0.1, 0.15) is 12.8 Å². The number of carbonyl (C=O) groups excluding carboxylic acids is 1. The van der Waals surface area contributed by atoms with Crippen LogP contribution in [0.2, 0.25) is 0 Å². The summed E-state index contributed by atoms with van der Waals surface area (Å²) in [4.78, 5) is 14.6. The highest BCUT2D eigenvalue weighted by Crippen LogP contribution is 2.29. The fourth-order valence-electron chi connectivity index (χ4n) is 2.53. The van der Waals surface area contributed by atoms with E-state index in [1.807, 2.05) is 7.05 Å². The van der Waals surface area contributed by atoms with E-state index in [1.165, 1.54) is 0 Å². The van der Waals surface area contributed by atoms with Gasteiger partial charge >= 0.3 is 0 Å². The number of likely N-dealkylation sites (N-methyl/N-ethyl adjacent to an activating group) is 1. The minimum absolute atomic E-state index is 0.126. The van der Waals surface area contributed by atoms with Crippen molar-refractivity contribution in [3.05, 3.63) is 0 Å². The van der Waals surface area contributed by atoms with E-state index < -0.39 is 0 Å². The highest BCUT2D eigenvalue weighted by Gasteiger charge is 2.39. The van der Waals surface area contributed by atoms with Crippen molar-refractivity contribution < 1.29 is 14.3 Å². The molecule has 0 unspecified atom stereocenters. The zero-order valence-electron chi connectivity index (χ0n) is 13.0. The van der Waals surface area contributed by atoms with Crippen molar-refractivity contribution in [3.63, 3.8) is 0 Å². The summed E-state index contributed by atoms with van der Waals surface area (Å²) in [7, 11) is 5.39. The SMILES string of the molecule is COCCN(C)CCNC(=O)C1(COC)CCNCC1. The van der Waals surface area contributed by atoms with E-state index in [9.17, 15) is 4.79 Å². The van der Waals surface area contributed by atoms with Gasteiger partial charge in [0.05, 0.1) is 18.6 Å². The number of piperidine rings is 1. The Balaban J connectivity index is 2.35. The lowest BCUT2D eigenvalue weighted by atomic mass is 9.78. The molecule has 1 amide bonds. The minimum Gasteiger partial charge on any atom is -0.384 e. The molecule has 0 saturated carbocycles. The second kappa shape index (κ2) is 9.28. The summed E-state index contributed by atoms with van der Waals surface area (Å²) in [5.41, 5.74) is -0.356. The molecule has 20 heavy (non-hydrogen) atoms. The lowest BCUT2D eigenvalue weighted by Gasteiger charge is -2.35. The molecule has 0 radical (unpaired) electrons. The van der Waals surface area contributed by atoms with Crippen molar-refractivity contribution in [2.75, 3.05) is 67.2 Å². The summed E-state index contributed by atoms with van der Waals surface area (Å²) in [6.45, 7) is 5.34. The Kier molecular flexibility index (Phi) is 8.06. The molecule has 1 aliphatic heterocycles. The molecular weight excluding hydrogens is 258 g/mol. The number of amides is 1. The van der Waals surface area contributed by atoms with Crippen molar-refractivity contribution in [1.29, 1.82) is 0 Å². The average molecular weight is 287 g/mol. The van der Waals surface area contributed by atoms with Crippen molar-refractivity contribution in [3.8, 4) is 0 Å². The van der Waals surface area contributed by atoms with Gasteiger partial charge in [0.15, 0.2) is 0 Å². The van der Waals surface area contributed by atoms with E-state index in [2.05, 4.69) is 15.5 Å². The van der Waals surface area contributed by atoms with E-state index in [4.69, 9.17) is 9.47 Å². The number of nitrogens with zero attached hydrogens (tertiary/aromatic N) is 1. The maximum Gasteiger partial charge on any atom is 0.228 e. The Bertz CT molecular complexity index is 275. The zero-order chi connectivity index (χ0) is 14.8. The van der Waals surface area contributed by atoms with Gasteiger partial charge in [-0.3, -0.25) is 4.79 Å². The smallest absolute Gasteiger partial charge is 0.228 e. The van der Waals surface area contributed by atoms with Crippen LogP contribution in [0.3, 0.4) is 0 Å². The maximum atomic E-state index is 12.4. The van der Waals surface area contributed by atoms with Crippen LogP contribution in [0.15, 0.2) is 0 Å². The second-order valence-electron chi connectivity index (χ2n) is 5.52. The molecular formula is C14H29N3O3. The highest BCUT2D eigenvalue weighted by atomic mass is 16.5. The van der Waals surface area contributed by atoms with E-state index >= 15 is 0 Å². The molecule has 1 heterocycles. The Morgan fingerprint density at radius 1 is 1.25 bits per heavy atom. The quantitative estimate of drug-likeness (QED) is 0.609. The molecule has 0 aliphatic carbocycles. The van der Waals surface area contributed by atoms with Crippen molar-refractivity contribution in [1.82, 2.24) is 15.5 Å². The van der Waals surface area contributed by atoms with Crippen LogP contribution in [0, 0.1) is 5.41 Å². The topological polar surface area (TPSA) is 62.8 Å². The van der Waals surface area contributed by atoms with Gasteiger partial charge in [-0.15, -0.1) is 0 Å². The fraction of sp³-hybridized carbons (Fsp3) is 0.929. The van der Waals surface area contributed by atoms with E-state index in [-0.39, 0.29) is 11.3 Å². The molecule has 1 fully saturated rings. The third-order valence-electron chi connectivity index (χ3n) is 3.92. The largest absolute Gasteiger partial charge is 0.384 e. The van der Waals surface area contributed by atoms with Gasteiger partial charge in [0, 0.05) is 33.9 Å². The van der Waals surface area contributed by atoms with E-state index in [0.717, 1.165) is 39.0 Å². The van der Waals surface area contributed by atoms with Crippen LogP contribution in [0.4, 0.5) is 0 Å². The van der Waals surface area contributed by atoms with Gasteiger partial charge in [-0.25, -0.2) is 0 Å². The zero-order valence-corrected chi connectivity index (χ0v) is 13.0. The third kappa shape index (κ3) is 5.36. The molecule has 1 rings (SSSR count). The lowest BCUT2D eigenvalue weighted by Crippen LogP contribution is -2.51. The Morgan fingerprint density at radius 2 is 1.95 bits per heavy atom. The first-order chi connectivity index (χ1) is 9.64. The summed E-state index contributed by atoms with van der Waals surface area (Å²) in [5.74, 6) is 0.126. The molecule has 0 aromatic rings. The molecule has 0 spiro atoms. The molecule has 0 aromatic heterocycles. The molecule has 118 valence electrons. The van der Waals surface area contributed by atoms with Crippen molar-refractivity contribution >= 4 is 5.91 Å². The predicted octanol–water partition coefficient (Wildman–Crippen LogP) is -0.303. The number of hydrogen-bond acceptors (Lipinski definition) is 5. The standard InChI is InChI=1S/C14H29N3O3/c1-17(10-11-19-2)9-8-16-13(18)14(12-20-3)4-6-15-7-5-14/h15H,4-12H2,1-3H3,(H,16,18). The van der Waals surface area contributed by atoms with Crippen LogP contribution in [0.5, 0.6) is 0 Å². The van der Waals surface area contributed by atoms with Gasteiger partial charge in [-0.1, -0.05) is 0 Å². The first-order valence-electron chi connectivity index (χ1n) is 7.30. The summed E-state index contributed by atoms with van der Waals surface area (Å²) >= 11 is 0. The first-order valence-corrected chi connectivity index (χ1v) is 7.30. The predicted molar refractivity (Wildman–Crippen MR) is 78.8 cm³/mol. The number of methoxy groups -OCH3 is 2. The molecule has 6 heteroatoms. The molecule has 1 saturated heterocycles. The fourth-order valence-corrected chi connectivity index (χ4v) is 2.53. The number of nitrogens with one attached hydrogen (secondary N) is 2. The molecule has 0 aromatic carbocycles. The van der Waals surface area contributed by atoms with Gasteiger partial charge in [0.25, 0.3) is 0 Å². The number of rotatable bonds is 9. The molecule has 0 bridgehead atoms. The van der Waals surface area contributed by atoms with Gasteiger partial charge < -0.3 is 25.0 Å². The summed E-state index contributed by atoms with van der Waals surface area (Å²) < 4.78 is 10.3. The normalized spacial score (nSPS) is 18.2.